The molecule has 0 bridgehead atoms. The number of nitrogens with one attached hydrogen (secondary N) is 1. The average Bonchev–Trinajstić information content (AvgIpc) is 2.79. The molecule has 1 aliphatic carbocycles. The minimum absolute atomic E-state index is 0.112. The molecule has 0 spiro atoms. The van der Waals surface area contributed by atoms with Crippen LogP contribution in [-0.2, 0) is 14.8 Å². The van der Waals surface area contributed by atoms with Gasteiger partial charge in [0.05, 0.1) is 6.26 Å². The van der Waals surface area contributed by atoms with Gasteiger partial charge in [0.15, 0.2) is 0 Å². The van der Waals surface area contributed by atoms with E-state index in [1.807, 2.05) is 4.90 Å². The normalized spacial score (nSPS) is 26.5. The molecule has 2 fully saturated rings. The highest BCUT2D eigenvalue weighted by molar-refractivity contribution is 7.88. The number of carbonyl (C=O) groups is 1. The number of carbonyl (C=O) groups excluding carboxylic acids is 1. The second-order valence-electron chi connectivity index (χ2n) is 5.49. The Bertz CT molecular complexity index is 402. The third-order valence-electron chi connectivity index (χ3n) is 3.82. The fraction of sp³-hybridized carbons (Fsp3) is 0.917. The standard InChI is InChI=1S/C12H22N2O3S/c1-18(16,17)13-11-7-4-8-14(9-11)12(15)10-5-2-3-6-10/h10-11,13H,2-9H2,1H3/t11-/m1/s1. The van der Waals surface area contributed by atoms with Crippen LogP contribution in [0.3, 0.4) is 0 Å². The highest BCUT2D eigenvalue weighted by Gasteiger charge is 2.31. The Morgan fingerprint density at radius 1 is 1.17 bits per heavy atom. The molecule has 0 radical (unpaired) electrons. The molecule has 2 rings (SSSR count). The number of piperidine rings is 1. The van der Waals surface area contributed by atoms with Crippen LogP contribution in [0.4, 0.5) is 0 Å². The van der Waals surface area contributed by atoms with Crippen molar-refractivity contribution in [2.45, 2.75) is 44.6 Å². The van der Waals surface area contributed by atoms with Gasteiger partial charge >= 0.3 is 0 Å². The molecule has 1 saturated carbocycles. The Labute approximate surface area is 109 Å². The average molecular weight is 274 g/mol. The largest absolute Gasteiger partial charge is 0.341 e. The molecule has 0 aromatic carbocycles. The molecule has 1 amide bonds. The molecule has 1 atom stereocenters. The van der Waals surface area contributed by atoms with E-state index in [-0.39, 0.29) is 17.9 Å². The van der Waals surface area contributed by atoms with E-state index in [4.69, 9.17) is 0 Å². The summed E-state index contributed by atoms with van der Waals surface area (Å²) in [5, 5.41) is 0. The van der Waals surface area contributed by atoms with Crippen LogP contribution in [0.2, 0.25) is 0 Å². The van der Waals surface area contributed by atoms with E-state index in [0.29, 0.717) is 6.54 Å². The number of nitrogens with zero attached hydrogens (tertiary/aromatic N) is 1. The van der Waals surface area contributed by atoms with Crippen molar-refractivity contribution in [1.82, 2.24) is 9.62 Å². The number of rotatable bonds is 3. The van der Waals surface area contributed by atoms with Crippen molar-refractivity contribution >= 4 is 15.9 Å². The van der Waals surface area contributed by atoms with Gasteiger partial charge in [0.2, 0.25) is 15.9 Å². The van der Waals surface area contributed by atoms with Gasteiger partial charge in [-0.05, 0) is 25.7 Å². The first-order valence-electron chi connectivity index (χ1n) is 6.72. The first-order valence-corrected chi connectivity index (χ1v) is 8.61. The van der Waals surface area contributed by atoms with Gasteiger partial charge in [0.25, 0.3) is 0 Å². The van der Waals surface area contributed by atoms with Crippen LogP contribution in [0, 0.1) is 5.92 Å². The third-order valence-corrected chi connectivity index (χ3v) is 4.58. The van der Waals surface area contributed by atoms with Crippen molar-refractivity contribution in [3.63, 3.8) is 0 Å². The van der Waals surface area contributed by atoms with Crippen LogP contribution in [-0.4, -0.2) is 44.6 Å². The molecule has 1 N–H and O–H groups in total. The summed E-state index contributed by atoms with van der Waals surface area (Å²) in [6.45, 7) is 1.31. The van der Waals surface area contributed by atoms with Gasteiger partial charge in [-0.15, -0.1) is 0 Å². The Kier molecular flexibility index (Phi) is 4.27. The summed E-state index contributed by atoms with van der Waals surface area (Å²) in [4.78, 5) is 14.1. The molecule has 1 heterocycles. The van der Waals surface area contributed by atoms with E-state index < -0.39 is 10.0 Å². The lowest BCUT2D eigenvalue weighted by atomic mass is 10.0. The van der Waals surface area contributed by atoms with Gasteiger partial charge in [0.1, 0.15) is 0 Å². The molecule has 5 nitrogen and oxygen atoms in total. The fourth-order valence-electron chi connectivity index (χ4n) is 3.01. The first kappa shape index (κ1) is 13.8. The molecule has 2 aliphatic rings. The highest BCUT2D eigenvalue weighted by Crippen LogP contribution is 2.27. The number of amides is 1. The van der Waals surface area contributed by atoms with Crippen molar-refractivity contribution < 1.29 is 13.2 Å². The van der Waals surface area contributed by atoms with Gasteiger partial charge in [-0.3, -0.25) is 4.79 Å². The summed E-state index contributed by atoms with van der Waals surface area (Å²) in [6.07, 6.45) is 7.17. The molecule has 1 aliphatic heterocycles. The molecular weight excluding hydrogens is 252 g/mol. The van der Waals surface area contributed by atoms with Gasteiger partial charge in [0, 0.05) is 25.0 Å². The molecule has 104 valence electrons. The second kappa shape index (κ2) is 5.57. The fourth-order valence-corrected chi connectivity index (χ4v) is 3.81. The van der Waals surface area contributed by atoms with E-state index in [2.05, 4.69) is 4.72 Å². The lowest BCUT2D eigenvalue weighted by molar-refractivity contribution is -0.136. The minimum atomic E-state index is -3.18. The molecule has 6 heteroatoms. The number of likely N-dealkylation sites (tertiary alicyclic amines) is 1. The van der Waals surface area contributed by atoms with E-state index in [9.17, 15) is 13.2 Å². The zero-order valence-electron chi connectivity index (χ0n) is 10.9. The SMILES string of the molecule is CS(=O)(=O)N[C@@H]1CCCN(C(=O)C2CCCC2)C1. The van der Waals surface area contributed by atoms with E-state index in [1.54, 1.807) is 0 Å². The Hall–Kier alpha value is -0.620. The van der Waals surface area contributed by atoms with Crippen molar-refractivity contribution in [2.24, 2.45) is 5.92 Å². The molecule has 18 heavy (non-hydrogen) atoms. The van der Waals surface area contributed by atoms with Crippen LogP contribution in [0.25, 0.3) is 0 Å². The topological polar surface area (TPSA) is 66.5 Å². The van der Waals surface area contributed by atoms with Crippen molar-refractivity contribution in [1.29, 1.82) is 0 Å². The molecule has 0 aromatic rings. The predicted octanol–water partition coefficient (Wildman–Crippen LogP) is 0.717. The van der Waals surface area contributed by atoms with Gasteiger partial charge < -0.3 is 4.90 Å². The zero-order chi connectivity index (χ0) is 13.2. The van der Waals surface area contributed by atoms with Crippen LogP contribution in [0.15, 0.2) is 0 Å². The van der Waals surface area contributed by atoms with Gasteiger partial charge in [-0.25, -0.2) is 13.1 Å². The summed E-state index contributed by atoms with van der Waals surface area (Å²) in [7, 11) is -3.18. The maximum Gasteiger partial charge on any atom is 0.225 e. The van der Waals surface area contributed by atoms with Gasteiger partial charge in [-0.2, -0.15) is 0 Å². The Morgan fingerprint density at radius 3 is 2.44 bits per heavy atom. The van der Waals surface area contributed by atoms with E-state index in [1.165, 1.54) is 6.26 Å². The van der Waals surface area contributed by atoms with Crippen LogP contribution >= 0.6 is 0 Å². The zero-order valence-corrected chi connectivity index (χ0v) is 11.7. The Balaban J connectivity index is 1.91. The molecule has 1 saturated heterocycles. The van der Waals surface area contributed by atoms with Crippen molar-refractivity contribution in [3.8, 4) is 0 Å². The lowest BCUT2D eigenvalue weighted by Crippen LogP contribution is -2.50. The molecule has 0 aromatic heterocycles. The summed E-state index contributed by atoms with van der Waals surface area (Å²) in [5.74, 6) is 0.412. The molecule has 0 unspecified atom stereocenters. The van der Waals surface area contributed by atoms with E-state index in [0.717, 1.165) is 45.1 Å². The summed E-state index contributed by atoms with van der Waals surface area (Å²) < 4.78 is 25.0. The maximum absolute atomic E-state index is 12.3. The summed E-state index contributed by atoms with van der Waals surface area (Å²) >= 11 is 0. The van der Waals surface area contributed by atoms with Crippen LogP contribution in [0.1, 0.15) is 38.5 Å². The second-order valence-corrected chi connectivity index (χ2v) is 7.27. The Morgan fingerprint density at radius 2 is 1.83 bits per heavy atom. The number of hydrogen-bond acceptors (Lipinski definition) is 3. The summed E-state index contributed by atoms with van der Waals surface area (Å²) in [5.41, 5.74) is 0. The quantitative estimate of drug-likeness (QED) is 0.824. The maximum atomic E-state index is 12.3. The number of hydrogen-bond donors (Lipinski definition) is 1. The van der Waals surface area contributed by atoms with Crippen molar-refractivity contribution in [2.75, 3.05) is 19.3 Å². The third kappa shape index (κ3) is 3.68. The van der Waals surface area contributed by atoms with Crippen LogP contribution < -0.4 is 4.72 Å². The number of sulfonamides is 1. The van der Waals surface area contributed by atoms with E-state index >= 15 is 0 Å². The monoisotopic (exact) mass is 274 g/mol. The van der Waals surface area contributed by atoms with Crippen molar-refractivity contribution in [3.05, 3.63) is 0 Å². The minimum Gasteiger partial charge on any atom is -0.341 e. The molecular formula is C12H22N2O3S. The van der Waals surface area contributed by atoms with Crippen LogP contribution in [0.5, 0.6) is 0 Å². The lowest BCUT2D eigenvalue weighted by Gasteiger charge is -2.34. The van der Waals surface area contributed by atoms with Gasteiger partial charge in [-0.1, -0.05) is 12.8 Å². The highest BCUT2D eigenvalue weighted by atomic mass is 32.2. The predicted molar refractivity (Wildman–Crippen MR) is 69.5 cm³/mol. The first-order chi connectivity index (χ1) is 8.46. The smallest absolute Gasteiger partial charge is 0.225 e. The summed E-state index contributed by atoms with van der Waals surface area (Å²) in [6, 6.07) is -0.112.